The largest absolute Gasteiger partial charge is 0.338 e. The van der Waals surface area contributed by atoms with E-state index < -0.39 is 0 Å². The summed E-state index contributed by atoms with van der Waals surface area (Å²) in [7, 11) is 0. The van der Waals surface area contributed by atoms with Crippen LogP contribution in [0.15, 0.2) is 53.1 Å². The summed E-state index contributed by atoms with van der Waals surface area (Å²) in [6, 6.07) is 15.9. The molecule has 2 heterocycles. The van der Waals surface area contributed by atoms with Gasteiger partial charge in [-0.15, -0.1) is 0 Å². The number of rotatable bonds is 6. The normalized spacial score (nSPS) is 15.3. The number of benzene rings is 2. The molecule has 156 valence electrons. The molecule has 1 saturated heterocycles. The fourth-order valence-corrected chi connectivity index (χ4v) is 3.48. The Kier molecular flexibility index (Phi) is 6.21. The quantitative estimate of drug-likeness (QED) is 0.679. The number of anilines is 1. The van der Waals surface area contributed by atoms with E-state index in [1.165, 1.54) is 11.1 Å². The highest BCUT2D eigenvalue weighted by Crippen LogP contribution is 2.17. The first-order valence-corrected chi connectivity index (χ1v) is 10.3. The summed E-state index contributed by atoms with van der Waals surface area (Å²) in [6.45, 7) is 8.50. The third-order valence-electron chi connectivity index (χ3n) is 5.30. The van der Waals surface area contributed by atoms with Gasteiger partial charge in [-0.3, -0.25) is 14.6 Å². The molecule has 7 nitrogen and oxygen atoms in total. The van der Waals surface area contributed by atoms with Crippen molar-refractivity contribution in [3.63, 3.8) is 0 Å². The van der Waals surface area contributed by atoms with Crippen LogP contribution in [0.4, 0.5) is 5.69 Å². The number of carbonyl (C=O) groups excluding carboxylic acids is 1. The fourth-order valence-electron chi connectivity index (χ4n) is 3.48. The Balaban J connectivity index is 1.23. The van der Waals surface area contributed by atoms with Crippen molar-refractivity contribution in [3.05, 3.63) is 65.5 Å². The number of hydrogen-bond acceptors (Lipinski definition) is 6. The Labute approximate surface area is 176 Å². The van der Waals surface area contributed by atoms with Crippen molar-refractivity contribution in [2.75, 3.05) is 38.0 Å². The Morgan fingerprint density at radius 3 is 2.20 bits per heavy atom. The van der Waals surface area contributed by atoms with Gasteiger partial charge >= 0.3 is 0 Å². The van der Waals surface area contributed by atoms with Gasteiger partial charge in [0.25, 0.3) is 0 Å². The average molecular weight is 406 g/mol. The number of aromatic nitrogens is 2. The van der Waals surface area contributed by atoms with Gasteiger partial charge in [-0.25, -0.2) is 0 Å². The summed E-state index contributed by atoms with van der Waals surface area (Å²) in [4.78, 5) is 21.3. The van der Waals surface area contributed by atoms with Crippen LogP contribution < -0.4 is 5.32 Å². The van der Waals surface area contributed by atoms with Gasteiger partial charge in [0.15, 0.2) is 0 Å². The van der Waals surface area contributed by atoms with Crippen LogP contribution in [-0.2, 0) is 11.3 Å². The molecule has 3 aromatic rings. The van der Waals surface area contributed by atoms with Crippen LogP contribution in [0.2, 0.25) is 0 Å². The monoisotopic (exact) mass is 405 g/mol. The van der Waals surface area contributed by atoms with E-state index in [-0.39, 0.29) is 5.91 Å². The molecule has 1 aliphatic heterocycles. The second-order valence-electron chi connectivity index (χ2n) is 7.84. The van der Waals surface area contributed by atoms with Gasteiger partial charge in [-0.2, -0.15) is 4.98 Å². The van der Waals surface area contributed by atoms with Gasteiger partial charge < -0.3 is 9.84 Å². The standard InChI is InChI=1S/C23H27N5O2/c1-17-3-7-19(8-4-17)23-25-22(30-26-23)16-28-13-11-27(12-14-28)15-21(29)24-20-9-5-18(2)6-10-20/h3-10H,11-16H2,1-2H3,(H,24,29). The zero-order valence-corrected chi connectivity index (χ0v) is 17.5. The molecule has 1 aromatic heterocycles. The van der Waals surface area contributed by atoms with E-state index >= 15 is 0 Å². The molecule has 4 rings (SSSR count). The van der Waals surface area contributed by atoms with E-state index in [0.29, 0.717) is 24.8 Å². The van der Waals surface area contributed by atoms with Gasteiger partial charge in [0.2, 0.25) is 17.6 Å². The van der Waals surface area contributed by atoms with Gasteiger partial charge in [-0.1, -0.05) is 52.7 Å². The molecule has 0 atom stereocenters. The maximum absolute atomic E-state index is 12.3. The Morgan fingerprint density at radius 2 is 1.53 bits per heavy atom. The summed E-state index contributed by atoms with van der Waals surface area (Å²) in [6.07, 6.45) is 0. The van der Waals surface area contributed by atoms with Crippen LogP contribution in [0, 0.1) is 13.8 Å². The van der Waals surface area contributed by atoms with Crippen LogP contribution in [0.25, 0.3) is 11.4 Å². The highest BCUT2D eigenvalue weighted by atomic mass is 16.5. The lowest BCUT2D eigenvalue weighted by molar-refractivity contribution is -0.117. The number of carbonyl (C=O) groups is 1. The SMILES string of the molecule is Cc1ccc(NC(=O)CN2CCN(Cc3nc(-c4ccc(C)cc4)no3)CC2)cc1. The summed E-state index contributed by atoms with van der Waals surface area (Å²) in [5.74, 6) is 1.26. The second kappa shape index (κ2) is 9.19. The van der Waals surface area contributed by atoms with Gasteiger partial charge in [0, 0.05) is 37.4 Å². The zero-order valence-electron chi connectivity index (χ0n) is 17.5. The topological polar surface area (TPSA) is 74.5 Å². The number of piperazine rings is 1. The zero-order chi connectivity index (χ0) is 20.9. The molecule has 2 aromatic carbocycles. The van der Waals surface area contributed by atoms with Gasteiger partial charge in [0.05, 0.1) is 13.1 Å². The number of hydrogen-bond donors (Lipinski definition) is 1. The predicted octanol–water partition coefficient (Wildman–Crippen LogP) is 3.11. The predicted molar refractivity (Wildman–Crippen MR) is 116 cm³/mol. The third kappa shape index (κ3) is 5.31. The lowest BCUT2D eigenvalue weighted by Crippen LogP contribution is -2.48. The summed E-state index contributed by atoms with van der Waals surface area (Å²) >= 11 is 0. The van der Waals surface area contributed by atoms with E-state index in [0.717, 1.165) is 37.4 Å². The van der Waals surface area contributed by atoms with Crippen LogP contribution >= 0.6 is 0 Å². The van der Waals surface area contributed by atoms with Crippen LogP contribution in [0.3, 0.4) is 0 Å². The Bertz CT molecular complexity index is 974. The van der Waals surface area contributed by atoms with Crippen molar-refractivity contribution >= 4 is 11.6 Å². The van der Waals surface area contributed by atoms with Crippen molar-refractivity contribution in [1.82, 2.24) is 19.9 Å². The highest BCUT2D eigenvalue weighted by molar-refractivity contribution is 5.92. The molecular formula is C23H27N5O2. The molecule has 0 unspecified atom stereocenters. The lowest BCUT2D eigenvalue weighted by atomic mass is 10.1. The molecular weight excluding hydrogens is 378 g/mol. The van der Waals surface area contributed by atoms with E-state index in [1.807, 2.05) is 55.5 Å². The minimum Gasteiger partial charge on any atom is -0.338 e. The summed E-state index contributed by atoms with van der Waals surface area (Å²) < 4.78 is 5.44. The van der Waals surface area contributed by atoms with E-state index in [1.54, 1.807) is 0 Å². The average Bonchev–Trinajstić information content (AvgIpc) is 3.20. The second-order valence-corrected chi connectivity index (χ2v) is 7.84. The smallest absolute Gasteiger partial charge is 0.241 e. The first-order chi connectivity index (χ1) is 14.5. The molecule has 0 bridgehead atoms. The number of nitrogens with one attached hydrogen (secondary N) is 1. The molecule has 1 aliphatic rings. The maximum atomic E-state index is 12.3. The number of nitrogens with zero attached hydrogens (tertiary/aromatic N) is 4. The Morgan fingerprint density at radius 1 is 0.933 bits per heavy atom. The van der Waals surface area contributed by atoms with Crippen molar-refractivity contribution in [3.8, 4) is 11.4 Å². The summed E-state index contributed by atoms with van der Waals surface area (Å²) in [5, 5.41) is 7.07. The fraction of sp³-hybridized carbons (Fsp3) is 0.348. The van der Waals surface area contributed by atoms with Crippen molar-refractivity contribution < 1.29 is 9.32 Å². The summed E-state index contributed by atoms with van der Waals surface area (Å²) in [5.41, 5.74) is 4.18. The lowest BCUT2D eigenvalue weighted by Gasteiger charge is -2.33. The van der Waals surface area contributed by atoms with E-state index in [9.17, 15) is 4.79 Å². The number of amides is 1. The van der Waals surface area contributed by atoms with E-state index in [2.05, 4.69) is 32.2 Å². The molecule has 0 saturated carbocycles. The minimum absolute atomic E-state index is 0.0203. The maximum Gasteiger partial charge on any atom is 0.241 e. The van der Waals surface area contributed by atoms with Crippen LogP contribution in [0.5, 0.6) is 0 Å². The molecule has 7 heteroatoms. The van der Waals surface area contributed by atoms with Crippen molar-refractivity contribution in [1.29, 1.82) is 0 Å². The first kappa shape index (κ1) is 20.3. The van der Waals surface area contributed by atoms with E-state index in [4.69, 9.17) is 4.52 Å². The highest BCUT2D eigenvalue weighted by Gasteiger charge is 2.21. The van der Waals surface area contributed by atoms with Gasteiger partial charge in [-0.05, 0) is 26.0 Å². The molecule has 30 heavy (non-hydrogen) atoms. The molecule has 0 radical (unpaired) electrons. The molecule has 1 fully saturated rings. The molecule has 0 aliphatic carbocycles. The Hall–Kier alpha value is -3.03. The number of aryl methyl sites for hydroxylation is 2. The molecule has 1 N–H and O–H groups in total. The van der Waals surface area contributed by atoms with Crippen molar-refractivity contribution in [2.24, 2.45) is 0 Å². The van der Waals surface area contributed by atoms with Crippen molar-refractivity contribution in [2.45, 2.75) is 20.4 Å². The minimum atomic E-state index is 0.0203. The van der Waals surface area contributed by atoms with Crippen LogP contribution in [-0.4, -0.2) is 58.6 Å². The van der Waals surface area contributed by atoms with Gasteiger partial charge in [0.1, 0.15) is 0 Å². The molecule has 0 spiro atoms. The van der Waals surface area contributed by atoms with Crippen LogP contribution in [0.1, 0.15) is 17.0 Å². The molecule has 1 amide bonds. The third-order valence-corrected chi connectivity index (χ3v) is 5.30. The first-order valence-electron chi connectivity index (χ1n) is 10.3.